The van der Waals surface area contributed by atoms with Crippen LogP contribution < -0.4 is 0 Å². The number of nitrogens with zero attached hydrogens (tertiary/aromatic N) is 1. The van der Waals surface area contributed by atoms with E-state index < -0.39 is 6.10 Å². The Kier molecular flexibility index (Phi) is 6.68. The quantitative estimate of drug-likeness (QED) is 0.756. The summed E-state index contributed by atoms with van der Waals surface area (Å²) in [5.41, 5.74) is 1.93. The number of aliphatic hydroxyl groups is 1. The molecule has 2 aromatic rings. The first-order chi connectivity index (χ1) is 13.1. The van der Waals surface area contributed by atoms with E-state index in [0.717, 1.165) is 17.5 Å². The monoisotopic (exact) mass is 365 g/mol. The van der Waals surface area contributed by atoms with E-state index in [1.165, 1.54) is 25.7 Å². The van der Waals surface area contributed by atoms with Crippen LogP contribution >= 0.6 is 0 Å². The Hall–Kier alpha value is -2.13. The zero-order valence-corrected chi connectivity index (χ0v) is 16.4. The number of aliphatic hydroxyl groups excluding tert-OH is 1. The summed E-state index contributed by atoms with van der Waals surface area (Å²) < 4.78 is 0. The van der Waals surface area contributed by atoms with Gasteiger partial charge in [0, 0.05) is 7.05 Å². The summed E-state index contributed by atoms with van der Waals surface area (Å²) in [7, 11) is 1.82. The smallest absolute Gasteiger partial charge is 0.230 e. The van der Waals surface area contributed by atoms with E-state index in [9.17, 15) is 9.90 Å². The van der Waals surface area contributed by atoms with Crippen LogP contribution in [0.3, 0.4) is 0 Å². The third-order valence-corrected chi connectivity index (χ3v) is 6.10. The molecule has 1 saturated carbocycles. The van der Waals surface area contributed by atoms with Crippen molar-refractivity contribution in [3.63, 3.8) is 0 Å². The molecule has 144 valence electrons. The zero-order chi connectivity index (χ0) is 19.2. The van der Waals surface area contributed by atoms with E-state index >= 15 is 0 Å². The van der Waals surface area contributed by atoms with E-state index in [1.807, 2.05) is 62.5 Å². The standard InChI is InChI=1S/C24H31NO2/c1-18(23(26)21-15-7-4-8-16-21)25(2)24(27)22(17-19-11-9-10-12-19)20-13-5-3-6-14-20/h3-8,13-16,18-19,22-23,26H,9-12,17H2,1-2H3/t18-,22-,23+/m1/s1. The van der Waals surface area contributed by atoms with Crippen molar-refractivity contribution in [3.05, 3.63) is 71.8 Å². The van der Waals surface area contributed by atoms with Crippen molar-refractivity contribution in [1.29, 1.82) is 0 Å². The maximum Gasteiger partial charge on any atom is 0.230 e. The summed E-state index contributed by atoms with van der Waals surface area (Å²) in [4.78, 5) is 15.2. The lowest BCUT2D eigenvalue weighted by molar-refractivity contribution is -0.136. The fourth-order valence-electron chi connectivity index (χ4n) is 4.23. The molecule has 0 heterocycles. The summed E-state index contributed by atoms with van der Waals surface area (Å²) in [5, 5.41) is 10.8. The number of hydrogen-bond donors (Lipinski definition) is 1. The lowest BCUT2D eigenvalue weighted by Gasteiger charge is -2.33. The molecule has 1 aliphatic carbocycles. The van der Waals surface area contributed by atoms with Gasteiger partial charge in [0.05, 0.1) is 18.1 Å². The van der Waals surface area contributed by atoms with Gasteiger partial charge in [0.25, 0.3) is 0 Å². The van der Waals surface area contributed by atoms with Gasteiger partial charge in [-0.3, -0.25) is 4.79 Å². The highest BCUT2D eigenvalue weighted by molar-refractivity contribution is 5.84. The molecular weight excluding hydrogens is 334 g/mol. The van der Waals surface area contributed by atoms with Gasteiger partial charge < -0.3 is 10.0 Å². The predicted molar refractivity (Wildman–Crippen MR) is 109 cm³/mol. The molecule has 3 heteroatoms. The molecule has 0 aliphatic heterocycles. The Labute approximate surface area is 163 Å². The van der Waals surface area contributed by atoms with E-state index in [2.05, 4.69) is 12.1 Å². The Morgan fingerprint density at radius 2 is 1.52 bits per heavy atom. The zero-order valence-electron chi connectivity index (χ0n) is 16.4. The topological polar surface area (TPSA) is 40.5 Å². The molecule has 0 aromatic heterocycles. The van der Waals surface area contributed by atoms with Crippen molar-refractivity contribution in [2.45, 2.75) is 57.1 Å². The Balaban J connectivity index is 1.77. The van der Waals surface area contributed by atoms with E-state index in [1.54, 1.807) is 4.90 Å². The van der Waals surface area contributed by atoms with Gasteiger partial charge in [-0.05, 0) is 30.4 Å². The van der Waals surface area contributed by atoms with Gasteiger partial charge in [0.1, 0.15) is 0 Å². The molecule has 0 saturated heterocycles. The maximum atomic E-state index is 13.4. The average molecular weight is 366 g/mol. The van der Waals surface area contributed by atoms with Crippen molar-refractivity contribution in [2.24, 2.45) is 5.92 Å². The predicted octanol–water partition coefficient (Wildman–Crippen LogP) is 4.93. The second kappa shape index (κ2) is 9.18. The molecule has 0 unspecified atom stereocenters. The lowest BCUT2D eigenvalue weighted by Crippen LogP contribution is -2.42. The van der Waals surface area contributed by atoms with Crippen LogP contribution in [0.25, 0.3) is 0 Å². The summed E-state index contributed by atoms with van der Waals surface area (Å²) in [5.74, 6) is 0.599. The Morgan fingerprint density at radius 3 is 2.07 bits per heavy atom. The van der Waals surface area contributed by atoms with Gasteiger partial charge in [0.15, 0.2) is 0 Å². The summed E-state index contributed by atoms with van der Waals surface area (Å²) in [6, 6.07) is 19.4. The van der Waals surface area contributed by atoms with Gasteiger partial charge in [-0.25, -0.2) is 0 Å². The van der Waals surface area contributed by atoms with Crippen molar-refractivity contribution < 1.29 is 9.90 Å². The fourth-order valence-corrected chi connectivity index (χ4v) is 4.23. The number of carbonyl (C=O) groups excluding carboxylic acids is 1. The first kappa shape index (κ1) is 19.6. The average Bonchev–Trinajstić information content (AvgIpc) is 3.24. The van der Waals surface area contributed by atoms with Crippen molar-refractivity contribution in [3.8, 4) is 0 Å². The van der Waals surface area contributed by atoms with Crippen LogP contribution in [0.2, 0.25) is 0 Å². The molecule has 1 N–H and O–H groups in total. The van der Waals surface area contributed by atoms with E-state index in [0.29, 0.717) is 5.92 Å². The van der Waals surface area contributed by atoms with Crippen molar-refractivity contribution >= 4 is 5.91 Å². The van der Waals surface area contributed by atoms with Crippen molar-refractivity contribution in [1.82, 2.24) is 4.90 Å². The van der Waals surface area contributed by atoms with Crippen LogP contribution in [-0.2, 0) is 4.79 Å². The normalized spacial score (nSPS) is 18.0. The van der Waals surface area contributed by atoms with Crippen LogP contribution in [-0.4, -0.2) is 29.0 Å². The minimum absolute atomic E-state index is 0.107. The van der Waals surface area contributed by atoms with Crippen LogP contribution in [0, 0.1) is 5.92 Å². The summed E-state index contributed by atoms with van der Waals surface area (Å²) in [6.45, 7) is 1.92. The van der Waals surface area contributed by atoms with Gasteiger partial charge in [-0.15, -0.1) is 0 Å². The van der Waals surface area contributed by atoms with Crippen molar-refractivity contribution in [2.75, 3.05) is 7.05 Å². The highest BCUT2D eigenvalue weighted by Gasteiger charge is 2.32. The molecule has 0 radical (unpaired) electrons. The van der Waals surface area contributed by atoms with Crippen LogP contribution in [0.4, 0.5) is 0 Å². The molecule has 3 rings (SSSR count). The van der Waals surface area contributed by atoms with E-state index in [4.69, 9.17) is 0 Å². The molecule has 1 amide bonds. The minimum atomic E-state index is -0.692. The molecule has 2 aromatic carbocycles. The molecule has 0 spiro atoms. The summed E-state index contributed by atoms with van der Waals surface area (Å²) >= 11 is 0. The van der Waals surface area contributed by atoms with Crippen LogP contribution in [0.1, 0.15) is 62.2 Å². The number of carbonyl (C=O) groups is 1. The lowest BCUT2D eigenvalue weighted by atomic mass is 9.86. The number of hydrogen-bond acceptors (Lipinski definition) is 2. The van der Waals surface area contributed by atoms with Gasteiger partial charge >= 0.3 is 0 Å². The molecular formula is C24H31NO2. The Bertz CT molecular complexity index is 710. The summed E-state index contributed by atoms with van der Waals surface area (Å²) in [6.07, 6.45) is 5.22. The first-order valence-electron chi connectivity index (χ1n) is 10.1. The largest absolute Gasteiger partial charge is 0.386 e. The molecule has 3 nitrogen and oxygen atoms in total. The Morgan fingerprint density at radius 1 is 1.00 bits per heavy atom. The van der Waals surface area contributed by atoms with Crippen LogP contribution in [0.15, 0.2) is 60.7 Å². The highest BCUT2D eigenvalue weighted by Crippen LogP contribution is 2.35. The number of amides is 1. The second-order valence-electron chi connectivity index (χ2n) is 7.89. The fraction of sp³-hybridized carbons (Fsp3) is 0.458. The van der Waals surface area contributed by atoms with E-state index in [-0.39, 0.29) is 17.9 Å². The number of rotatable bonds is 7. The second-order valence-corrected chi connectivity index (χ2v) is 7.89. The minimum Gasteiger partial charge on any atom is -0.386 e. The molecule has 1 fully saturated rings. The third-order valence-electron chi connectivity index (χ3n) is 6.10. The number of likely N-dealkylation sites (N-methyl/N-ethyl adjacent to an activating group) is 1. The molecule has 1 aliphatic rings. The van der Waals surface area contributed by atoms with Gasteiger partial charge in [-0.1, -0.05) is 86.3 Å². The molecule has 3 atom stereocenters. The van der Waals surface area contributed by atoms with Gasteiger partial charge in [0.2, 0.25) is 5.91 Å². The maximum absolute atomic E-state index is 13.4. The number of benzene rings is 2. The molecule has 27 heavy (non-hydrogen) atoms. The van der Waals surface area contributed by atoms with Gasteiger partial charge in [-0.2, -0.15) is 0 Å². The third kappa shape index (κ3) is 4.78. The van der Waals surface area contributed by atoms with Crippen LogP contribution in [0.5, 0.6) is 0 Å². The molecule has 0 bridgehead atoms. The SMILES string of the molecule is C[C@H]([C@H](O)c1ccccc1)N(C)C(=O)[C@H](CC1CCCC1)c1ccccc1. The first-order valence-corrected chi connectivity index (χ1v) is 10.1. The highest BCUT2D eigenvalue weighted by atomic mass is 16.3.